The van der Waals surface area contributed by atoms with Gasteiger partial charge in [-0.3, -0.25) is 14.6 Å². The van der Waals surface area contributed by atoms with E-state index in [1.807, 2.05) is 29.4 Å². The maximum Gasteiger partial charge on any atom is 0.242 e. The lowest BCUT2D eigenvalue weighted by molar-refractivity contribution is -0.139. The largest absolute Gasteiger partial charge is 0.341 e. The highest BCUT2D eigenvalue weighted by molar-refractivity contribution is 5.85. The summed E-state index contributed by atoms with van der Waals surface area (Å²) < 4.78 is 2.19. The van der Waals surface area contributed by atoms with Gasteiger partial charge >= 0.3 is 0 Å². The predicted molar refractivity (Wildman–Crippen MR) is 99.9 cm³/mol. The summed E-state index contributed by atoms with van der Waals surface area (Å²) in [5.41, 5.74) is 1.20. The van der Waals surface area contributed by atoms with Crippen LogP contribution in [0.3, 0.4) is 0 Å². The van der Waals surface area contributed by atoms with Crippen LogP contribution >= 0.6 is 0 Å². The van der Waals surface area contributed by atoms with Gasteiger partial charge in [0.2, 0.25) is 11.8 Å². The van der Waals surface area contributed by atoms with Gasteiger partial charge in [0.05, 0.1) is 6.54 Å². The number of carbonyl (C=O) groups excluding carboxylic acids is 2. The van der Waals surface area contributed by atoms with Crippen LogP contribution in [0, 0.1) is 0 Å². The second kappa shape index (κ2) is 7.90. The summed E-state index contributed by atoms with van der Waals surface area (Å²) >= 11 is 0. The quantitative estimate of drug-likeness (QED) is 0.806. The average molecular weight is 367 g/mol. The molecule has 0 aliphatic carbocycles. The van der Waals surface area contributed by atoms with Gasteiger partial charge in [0.1, 0.15) is 5.82 Å². The summed E-state index contributed by atoms with van der Waals surface area (Å²) in [7, 11) is 0. The molecule has 0 aromatic carbocycles. The summed E-state index contributed by atoms with van der Waals surface area (Å²) in [6.45, 7) is 3.20. The van der Waals surface area contributed by atoms with Crippen LogP contribution in [-0.2, 0) is 16.1 Å². The minimum Gasteiger partial charge on any atom is -0.341 e. The van der Waals surface area contributed by atoms with Crippen LogP contribution in [0.1, 0.15) is 43.0 Å². The van der Waals surface area contributed by atoms with Gasteiger partial charge in [-0.15, -0.1) is 0 Å². The molecule has 4 rings (SSSR count). The number of aromatic nitrogens is 3. The molecule has 2 saturated heterocycles. The van der Waals surface area contributed by atoms with E-state index in [0.717, 1.165) is 44.7 Å². The summed E-state index contributed by atoms with van der Waals surface area (Å²) in [6.07, 6.45) is 10.8. The maximum absolute atomic E-state index is 12.5. The Hall–Kier alpha value is -2.70. The van der Waals surface area contributed by atoms with Crippen molar-refractivity contribution in [3.05, 3.63) is 48.3 Å². The van der Waals surface area contributed by atoms with E-state index in [1.54, 1.807) is 17.3 Å². The summed E-state index contributed by atoms with van der Waals surface area (Å²) in [6, 6.07) is 4.04. The van der Waals surface area contributed by atoms with Crippen molar-refractivity contribution in [3.63, 3.8) is 0 Å². The van der Waals surface area contributed by atoms with Crippen molar-refractivity contribution in [2.75, 3.05) is 26.2 Å². The fraction of sp³-hybridized carbons (Fsp3) is 0.500. The molecule has 7 nitrogen and oxygen atoms in total. The number of hydrogen-bond donors (Lipinski definition) is 0. The van der Waals surface area contributed by atoms with Gasteiger partial charge in [-0.2, -0.15) is 0 Å². The maximum atomic E-state index is 12.5. The van der Waals surface area contributed by atoms with Crippen LogP contribution < -0.4 is 0 Å². The number of amides is 2. The first-order chi connectivity index (χ1) is 13.2. The molecule has 2 aromatic heterocycles. The Balaban J connectivity index is 1.34. The van der Waals surface area contributed by atoms with Crippen LogP contribution in [0.15, 0.2) is 36.9 Å². The molecular weight excluding hydrogens is 342 g/mol. The zero-order valence-corrected chi connectivity index (χ0v) is 15.5. The van der Waals surface area contributed by atoms with Crippen molar-refractivity contribution in [1.29, 1.82) is 0 Å². The molecule has 0 bridgehead atoms. The van der Waals surface area contributed by atoms with E-state index in [9.17, 15) is 9.59 Å². The zero-order valence-electron chi connectivity index (χ0n) is 15.5. The van der Waals surface area contributed by atoms with E-state index in [1.165, 1.54) is 5.56 Å². The number of nitrogens with zero attached hydrogens (tertiary/aromatic N) is 5. The third-order valence-corrected chi connectivity index (χ3v) is 5.56. The van der Waals surface area contributed by atoms with E-state index in [2.05, 4.69) is 14.5 Å². The number of pyridine rings is 1. The van der Waals surface area contributed by atoms with Crippen molar-refractivity contribution in [2.45, 2.75) is 38.1 Å². The van der Waals surface area contributed by atoms with Crippen molar-refractivity contribution >= 4 is 11.8 Å². The topological polar surface area (TPSA) is 71.3 Å². The zero-order chi connectivity index (χ0) is 18.6. The van der Waals surface area contributed by atoms with Gasteiger partial charge in [-0.25, -0.2) is 4.98 Å². The summed E-state index contributed by atoms with van der Waals surface area (Å²) in [5, 5.41) is 0. The summed E-state index contributed by atoms with van der Waals surface area (Å²) in [5.74, 6) is 1.63. The van der Waals surface area contributed by atoms with E-state index >= 15 is 0 Å². The van der Waals surface area contributed by atoms with Gasteiger partial charge in [-0.05, 0) is 37.0 Å². The fourth-order valence-corrected chi connectivity index (χ4v) is 4.02. The second-order valence-corrected chi connectivity index (χ2v) is 7.34. The Morgan fingerprint density at radius 3 is 2.59 bits per heavy atom. The molecule has 0 saturated carbocycles. The number of likely N-dealkylation sites (tertiary alicyclic amines) is 2. The third-order valence-electron chi connectivity index (χ3n) is 5.56. The van der Waals surface area contributed by atoms with Gasteiger partial charge in [0.25, 0.3) is 0 Å². The van der Waals surface area contributed by atoms with Gasteiger partial charge < -0.3 is 14.4 Å². The van der Waals surface area contributed by atoms with Crippen molar-refractivity contribution < 1.29 is 9.59 Å². The molecule has 2 aliphatic rings. The molecule has 2 aliphatic heterocycles. The first-order valence-electron chi connectivity index (χ1n) is 9.66. The van der Waals surface area contributed by atoms with Gasteiger partial charge in [0.15, 0.2) is 0 Å². The molecule has 142 valence electrons. The fourth-order valence-electron chi connectivity index (χ4n) is 4.02. The smallest absolute Gasteiger partial charge is 0.242 e. The molecule has 2 amide bonds. The van der Waals surface area contributed by atoms with E-state index in [-0.39, 0.29) is 18.4 Å². The molecule has 4 heterocycles. The lowest BCUT2D eigenvalue weighted by Crippen LogP contribution is -2.44. The Kier molecular flexibility index (Phi) is 5.18. The monoisotopic (exact) mass is 367 g/mol. The normalized spacial score (nSPS) is 18.3. The van der Waals surface area contributed by atoms with Gasteiger partial charge in [-0.1, -0.05) is 0 Å². The number of carbonyl (C=O) groups is 2. The molecule has 0 unspecified atom stereocenters. The van der Waals surface area contributed by atoms with E-state index in [0.29, 0.717) is 18.9 Å². The van der Waals surface area contributed by atoms with Crippen LogP contribution in [-0.4, -0.2) is 62.3 Å². The number of rotatable bonds is 5. The highest BCUT2D eigenvalue weighted by Crippen LogP contribution is 2.27. The molecule has 0 atom stereocenters. The van der Waals surface area contributed by atoms with E-state index in [4.69, 9.17) is 0 Å². The Morgan fingerprint density at radius 1 is 1.11 bits per heavy atom. The van der Waals surface area contributed by atoms with Crippen LogP contribution in [0.4, 0.5) is 0 Å². The van der Waals surface area contributed by atoms with Crippen LogP contribution in [0.5, 0.6) is 0 Å². The lowest BCUT2D eigenvalue weighted by atomic mass is 9.95. The first-order valence-corrected chi connectivity index (χ1v) is 9.66. The van der Waals surface area contributed by atoms with Gasteiger partial charge in [0, 0.05) is 63.3 Å². The molecular formula is C20H25N5O2. The van der Waals surface area contributed by atoms with Crippen LogP contribution in [0.2, 0.25) is 0 Å². The number of piperidine rings is 1. The molecule has 2 aromatic rings. The number of hydrogen-bond acceptors (Lipinski definition) is 4. The first kappa shape index (κ1) is 17.7. The van der Waals surface area contributed by atoms with Crippen molar-refractivity contribution in [3.8, 4) is 0 Å². The van der Waals surface area contributed by atoms with Crippen molar-refractivity contribution in [2.24, 2.45) is 0 Å². The molecule has 2 fully saturated rings. The minimum atomic E-state index is 0.0730. The van der Waals surface area contributed by atoms with Crippen molar-refractivity contribution in [1.82, 2.24) is 24.3 Å². The molecule has 0 radical (unpaired) electrons. The average Bonchev–Trinajstić information content (AvgIpc) is 3.32. The molecule has 27 heavy (non-hydrogen) atoms. The third kappa shape index (κ3) is 4.02. The van der Waals surface area contributed by atoms with Crippen LogP contribution in [0.25, 0.3) is 0 Å². The number of imidazole rings is 1. The summed E-state index contributed by atoms with van der Waals surface area (Å²) in [4.78, 5) is 36.5. The highest BCUT2D eigenvalue weighted by atomic mass is 16.2. The Labute approximate surface area is 159 Å². The molecule has 0 spiro atoms. The molecule has 7 heteroatoms. The molecule has 0 N–H and O–H groups in total. The second-order valence-electron chi connectivity index (χ2n) is 7.34. The Bertz CT molecular complexity index is 796. The SMILES string of the molecule is O=C(CN1CCCC1=O)N1CCC(c2nccn2Cc2ccncc2)CC1. The minimum absolute atomic E-state index is 0.0730. The lowest BCUT2D eigenvalue weighted by Gasteiger charge is -2.33. The standard InChI is InChI=1S/C20H25N5O2/c26-18-2-1-10-24(18)15-19(27)23-11-5-17(6-12-23)20-22-9-13-25(20)14-16-3-7-21-8-4-16/h3-4,7-9,13,17H,1-2,5-6,10-12,14-15H2. The Morgan fingerprint density at radius 2 is 1.89 bits per heavy atom. The highest BCUT2D eigenvalue weighted by Gasteiger charge is 2.29. The predicted octanol–water partition coefficient (Wildman–Crippen LogP) is 1.65. The van der Waals surface area contributed by atoms with E-state index < -0.39 is 0 Å².